The average Bonchev–Trinajstić information content (AvgIpc) is 3.02. The van der Waals surface area contributed by atoms with Crippen molar-refractivity contribution >= 4 is 20.1 Å². The van der Waals surface area contributed by atoms with Gasteiger partial charge in [0, 0.05) is 12.3 Å². The number of esters is 1. The van der Waals surface area contributed by atoms with Crippen LogP contribution in [0.5, 0.6) is 0 Å². The molecule has 2 N–H and O–H groups in total. The van der Waals surface area contributed by atoms with Crippen LogP contribution in [-0.4, -0.2) is 54.7 Å². The lowest BCUT2D eigenvalue weighted by molar-refractivity contribution is -0.204. The number of hydrogen-bond donors (Lipinski definition) is 2. The normalized spacial score (nSPS) is 44.8. The second-order valence-corrected chi connectivity index (χ2v) is 19.5. The molecule has 4 saturated carbocycles. The zero-order valence-electron chi connectivity index (χ0n) is 23.9. The fourth-order valence-corrected chi connectivity index (χ4v) is 9.66. The molecular formula is C29H50O6Si. The van der Waals surface area contributed by atoms with E-state index in [2.05, 4.69) is 47.7 Å². The number of ketones is 1. The number of ether oxygens (including phenoxy) is 1. The van der Waals surface area contributed by atoms with Crippen LogP contribution in [0.2, 0.25) is 18.1 Å². The van der Waals surface area contributed by atoms with Crippen LogP contribution in [0.3, 0.4) is 0 Å². The molecule has 6 nitrogen and oxygen atoms in total. The van der Waals surface area contributed by atoms with E-state index in [4.69, 9.17) is 9.16 Å². The Morgan fingerprint density at radius 2 is 1.72 bits per heavy atom. The number of carbonyl (C=O) groups is 2. The third-order valence-electron chi connectivity index (χ3n) is 11.9. The maximum absolute atomic E-state index is 13.6. The van der Waals surface area contributed by atoms with Crippen LogP contribution in [0.25, 0.3) is 0 Å². The molecule has 0 radical (unpaired) electrons. The molecular weight excluding hydrogens is 472 g/mol. The molecule has 0 aromatic heterocycles. The van der Waals surface area contributed by atoms with Gasteiger partial charge >= 0.3 is 5.97 Å². The van der Waals surface area contributed by atoms with Gasteiger partial charge in [0.25, 0.3) is 0 Å². The predicted octanol–water partition coefficient (Wildman–Crippen LogP) is 5.25. The number of rotatable bonds is 5. The molecule has 0 aliphatic heterocycles. The SMILES string of the molecule is CC(=O)O[C@@H]1CC[C@@]2(C)[C@@H](CC[C@@H]3[C@@H]2[C@@H](O)C[C@@]2(C)[C@H]3CC[C@]2(O)C(=O)CO[Si](C)(C)C(C)(C)C)C1. The monoisotopic (exact) mass is 522 g/mol. The summed E-state index contributed by atoms with van der Waals surface area (Å²) in [6.07, 6.45) is 5.89. The molecule has 4 rings (SSSR count). The van der Waals surface area contributed by atoms with Crippen LogP contribution in [0.4, 0.5) is 0 Å². The van der Waals surface area contributed by atoms with E-state index in [0.29, 0.717) is 24.7 Å². The van der Waals surface area contributed by atoms with Crippen molar-refractivity contribution in [2.75, 3.05) is 6.61 Å². The van der Waals surface area contributed by atoms with E-state index in [9.17, 15) is 19.8 Å². The van der Waals surface area contributed by atoms with Gasteiger partial charge in [0.15, 0.2) is 14.1 Å². The van der Waals surface area contributed by atoms with Gasteiger partial charge in [-0.15, -0.1) is 0 Å². The van der Waals surface area contributed by atoms with E-state index in [1.165, 1.54) is 6.92 Å². The first kappa shape index (κ1) is 28.3. The van der Waals surface area contributed by atoms with Crippen molar-refractivity contribution in [3.63, 3.8) is 0 Å². The fourth-order valence-electron chi connectivity index (χ4n) is 8.73. The molecule has 0 spiro atoms. The number of hydrogen-bond acceptors (Lipinski definition) is 6. The van der Waals surface area contributed by atoms with Gasteiger partial charge in [0.05, 0.1) is 12.7 Å². The van der Waals surface area contributed by atoms with Crippen LogP contribution < -0.4 is 0 Å². The second kappa shape index (κ2) is 9.17. The number of aliphatic hydroxyl groups is 2. The molecule has 0 amide bonds. The van der Waals surface area contributed by atoms with E-state index in [1.54, 1.807) is 0 Å². The first-order valence-corrected chi connectivity index (χ1v) is 17.1. The van der Waals surface area contributed by atoms with Gasteiger partial charge in [-0.1, -0.05) is 34.6 Å². The molecule has 0 saturated heterocycles. The predicted molar refractivity (Wildman–Crippen MR) is 142 cm³/mol. The van der Waals surface area contributed by atoms with Crippen molar-refractivity contribution in [2.45, 2.75) is 129 Å². The molecule has 206 valence electrons. The molecule has 4 aliphatic carbocycles. The lowest BCUT2D eigenvalue weighted by atomic mass is 9.43. The summed E-state index contributed by atoms with van der Waals surface area (Å²) in [5, 5.41) is 23.6. The van der Waals surface area contributed by atoms with Gasteiger partial charge in [-0.2, -0.15) is 0 Å². The molecule has 0 aromatic rings. The summed E-state index contributed by atoms with van der Waals surface area (Å²) in [5.74, 6) is 0.692. The standard InChI is InChI=1S/C29H50O6Si/c1-18(30)35-20-11-13-27(5)19(15-20)9-10-21-22-12-14-29(33,28(22,6)16-23(31)25(21)27)24(32)17-34-36(7,8)26(2,3)4/h19-23,25,31,33H,9-17H2,1-8H3/t19-,20+,21-,22-,23-,25+,27-,28-,29-/m0/s1. The number of carbonyl (C=O) groups excluding carboxylic acids is 2. The summed E-state index contributed by atoms with van der Waals surface area (Å²) in [6, 6.07) is 0. The summed E-state index contributed by atoms with van der Waals surface area (Å²) in [4.78, 5) is 25.1. The minimum Gasteiger partial charge on any atom is -0.463 e. The Kier molecular flexibility index (Phi) is 7.19. The highest BCUT2D eigenvalue weighted by atomic mass is 28.4. The molecule has 4 aliphatic rings. The molecule has 0 bridgehead atoms. The van der Waals surface area contributed by atoms with Gasteiger partial charge in [0.2, 0.25) is 0 Å². The van der Waals surface area contributed by atoms with E-state index in [-0.39, 0.29) is 46.8 Å². The lowest BCUT2D eigenvalue weighted by Crippen LogP contribution is -2.63. The minimum atomic E-state index is -2.12. The largest absolute Gasteiger partial charge is 0.463 e. The van der Waals surface area contributed by atoms with Gasteiger partial charge in [-0.3, -0.25) is 9.59 Å². The van der Waals surface area contributed by atoms with E-state index >= 15 is 0 Å². The molecule has 7 heteroatoms. The average molecular weight is 523 g/mol. The van der Waals surface area contributed by atoms with E-state index < -0.39 is 25.4 Å². The van der Waals surface area contributed by atoms with Crippen molar-refractivity contribution in [2.24, 2.45) is 34.5 Å². The fraction of sp³-hybridized carbons (Fsp3) is 0.931. The van der Waals surface area contributed by atoms with Gasteiger partial charge < -0.3 is 19.4 Å². The summed E-state index contributed by atoms with van der Waals surface area (Å²) in [5.41, 5.74) is -2.09. The van der Waals surface area contributed by atoms with Crippen LogP contribution in [0.15, 0.2) is 0 Å². The molecule has 0 aromatic carbocycles. The smallest absolute Gasteiger partial charge is 0.302 e. The van der Waals surface area contributed by atoms with Crippen LogP contribution in [-0.2, 0) is 18.8 Å². The Balaban J connectivity index is 1.53. The Hall–Kier alpha value is -0.763. The molecule has 0 unspecified atom stereocenters. The minimum absolute atomic E-state index is 0.00350. The van der Waals surface area contributed by atoms with Gasteiger partial charge in [-0.25, -0.2) is 0 Å². The number of Topliss-reactive ketones (excluding diaryl/α,β-unsaturated/α-hetero) is 1. The second-order valence-electron chi connectivity index (χ2n) is 14.6. The maximum Gasteiger partial charge on any atom is 0.302 e. The van der Waals surface area contributed by atoms with Crippen molar-refractivity contribution in [3.8, 4) is 0 Å². The topological polar surface area (TPSA) is 93.1 Å². The van der Waals surface area contributed by atoms with Gasteiger partial charge in [-0.05, 0) is 98.6 Å². The van der Waals surface area contributed by atoms with Crippen molar-refractivity contribution < 1.29 is 29.0 Å². The first-order valence-electron chi connectivity index (χ1n) is 14.2. The third kappa shape index (κ3) is 4.34. The zero-order valence-corrected chi connectivity index (χ0v) is 24.9. The lowest BCUT2D eigenvalue weighted by Gasteiger charge is -2.63. The van der Waals surface area contributed by atoms with Crippen LogP contribution in [0.1, 0.15) is 92.9 Å². The maximum atomic E-state index is 13.6. The highest BCUT2D eigenvalue weighted by molar-refractivity contribution is 6.74. The Bertz CT molecular complexity index is 881. The zero-order chi connectivity index (χ0) is 26.9. The molecule has 9 atom stereocenters. The highest BCUT2D eigenvalue weighted by Gasteiger charge is 2.69. The molecule has 4 fully saturated rings. The van der Waals surface area contributed by atoms with Gasteiger partial charge in [0.1, 0.15) is 11.7 Å². The number of aliphatic hydroxyl groups excluding tert-OH is 1. The Morgan fingerprint density at radius 3 is 2.33 bits per heavy atom. The first-order chi connectivity index (χ1) is 16.5. The van der Waals surface area contributed by atoms with Crippen molar-refractivity contribution in [3.05, 3.63) is 0 Å². The summed E-state index contributed by atoms with van der Waals surface area (Å²) < 4.78 is 11.8. The van der Waals surface area contributed by atoms with Crippen molar-refractivity contribution in [1.82, 2.24) is 0 Å². The Morgan fingerprint density at radius 1 is 1.06 bits per heavy atom. The molecule has 36 heavy (non-hydrogen) atoms. The quantitative estimate of drug-likeness (QED) is 0.378. The summed E-state index contributed by atoms with van der Waals surface area (Å²) in [6.45, 7) is 16.6. The van der Waals surface area contributed by atoms with Crippen LogP contribution in [0, 0.1) is 34.5 Å². The Labute approximate surface area is 219 Å². The van der Waals surface area contributed by atoms with E-state index in [1.807, 2.05) is 0 Å². The number of fused-ring (bicyclic) bond motifs is 5. The highest BCUT2D eigenvalue weighted by Crippen LogP contribution is 2.68. The summed E-state index contributed by atoms with van der Waals surface area (Å²) in [7, 11) is -2.12. The van der Waals surface area contributed by atoms with Crippen molar-refractivity contribution in [1.29, 1.82) is 0 Å². The van der Waals surface area contributed by atoms with E-state index in [0.717, 1.165) is 38.5 Å². The third-order valence-corrected chi connectivity index (χ3v) is 16.3. The molecule has 0 heterocycles. The van der Waals surface area contributed by atoms with Crippen LogP contribution >= 0.6 is 0 Å². The summed E-state index contributed by atoms with van der Waals surface area (Å²) >= 11 is 0.